The minimum absolute atomic E-state index is 0.217. The molecular formula is C22H21F2N3O3S. The summed E-state index contributed by atoms with van der Waals surface area (Å²) in [5.41, 5.74) is 3.29. The molecular weight excluding hydrogens is 424 g/mol. The zero-order valence-electron chi connectivity index (χ0n) is 16.9. The van der Waals surface area contributed by atoms with E-state index in [0.717, 1.165) is 36.4 Å². The van der Waals surface area contributed by atoms with Crippen LogP contribution in [-0.4, -0.2) is 18.9 Å². The molecule has 0 radical (unpaired) electrons. The van der Waals surface area contributed by atoms with E-state index in [1.54, 1.807) is 12.1 Å². The average Bonchev–Trinajstić information content (AvgIpc) is 3.49. The number of carbonyl (C=O) groups is 1. The second-order valence-corrected chi connectivity index (χ2v) is 9.28. The zero-order chi connectivity index (χ0) is 22.3. The molecule has 1 aliphatic carbocycles. The summed E-state index contributed by atoms with van der Waals surface area (Å²) in [4.78, 5) is 12.3. The van der Waals surface area contributed by atoms with Crippen molar-refractivity contribution in [2.45, 2.75) is 37.6 Å². The van der Waals surface area contributed by atoms with Gasteiger partial charge in [-0.15, -0.1) is 0 Å². The Labute approximate surface area is 179 Å². The number of aryl methyl sites for hydroxylation is 1. The highest BCUT2D eigenvalue weighted by molar-refractivity contribution is 7.92. The molecule has 1 saturated carbocycles. The van der Waals surface area contributed by atoms with Gasteiger partial charge in [-0.3, -0.25) is 9.52 Å². The predicted octanol–water partition coefficient (Wildman–Crippen LogP) is 4.77. The third-order valence-corrected chi connectivity index (χ3v) is 6.62. The molecule has 9 heteroatoms. The summed E-state index contributed by atoms with van der Waals surface area (Å²) in [6.45, 7) is 3.91. The monoisotopic (exact) mass is 445 g/mol. The van der Waals surface area contributed by atoms with Crippen LogP contribution in [0.3, 0.4) is 0 Å². The second-order valence-electron chi connectivity index (χ2n) is 7.60. The number of carbonyl (C=O) groups excluding carboxylic acids is 1. The van der Waals surface area contributed by atoms with E-state index < -0.39 is 26.6 Å². The minimum Gasteiger partial charge on any atom is -0.345 e. The number of anilines is 2. The molecule has 6 nitrogen and oxygen atoms in total. The van der Waals surface area contributed by atoms with Gasteiger partial charge in [0.1, 0.15) is 0 Å². The van der Waals surface area contributed by atoms with E-state index in [9.17, 15) is 22.0 Å². The lowest BCUT2D eigenvalue weighted by Crippen LogP contribution is -2.14. The number of benzene rings is 2. The molecule has 0 unspecified atom stereocenters. The molecule has 4 rings (SSSR count). The first-order valence-electron chi connectivity index (χ1n) is 9.73. The Balaban J connectivity index is 1.46. The molecule has 1 amide bonds. The maximum Gasteiger partial charge on any atom is 0.261 e. The smallest absolute Gasteiger partial charge is 0.261 e. The molecule has 31 heavy (non-hydrogen) atoms. The summed E-state index contributed by atoms with van der Waals surface area (Å²) in [7, 11) is -4.09. The Morgan fingerprint density at radius 1 is 0.968 bits per heavy atom. The van der Waals surface area contributed by atoms with Gasteiger partial charge in [0.25, 0.3) is 15.9 Å². The number of nitrogens with zero attached hydrogens (tertiary/aromatic N) is 1. The molecule has 0 spiro atoms. The molecule has 1 fully saturated rings. The fraction of sp³-hybridized carbons (Fsp3) is 0.227. The molecule has 0 bridgehead atoms. The van der Waals surface area contributed by atoms with Crippen molar-refractivity contribution in [1.82, 2.24) is 4.57 Å². The molecule has 1 heterocycles. The first-order valence-corrected chi connectivity index (χ1v) is 11.2. The first kappa shape index (κ1) is 21.0. The van der Waals surface area contributed by atoms with Gasteiger partial charge >= 0.3 is 0 Å². The van der Waals surface area contributed by atoms with E-state index in [1.165, 1.54) is 12.1 Å². The molecule has 1 aromatic heterocycles. The number of hydrogen-bond acceptors (Lipinski definition) is 3. The van der Waals surface area contributed by atoms with E-state index in [1.807, 2.05) is 19.9 Å². The number of nitrogens with one attached hydrogen (secondary N) is 2. The van der Waals surface area contributed by atoms with Crippen LogP contribution in [0.25, 0.3) is 0 Å². The topological polar surface area (TPSA) is 80.2 Å². The summed E-state index contributed by atoms with van der Waals surface area (Å²) in [6.07, 6.45) is 2.25. The van der Waals surface area contributed by atoms with Gasteiger partial charge in [-0.25, -0.2) is 17.2 Å². The van der Waals surface area contributed by atoms with Crippen molar-refractivity contribution in [1.29, 1.82) is 0 Å². The van der Waals surface area contributed by atoms with E-state index in [-0.39, 0.29) is 11.6 Å². The Morgan fingerprint density at radius 3 is 2.23 bits per heavy atom. The predicted molar refractivity (Wildman–Crippen MR) is 114 cm³/mol. The van der Waals surface area contributed by atoms with Gasteiger partial charge in [-0.1, -0.05) is 0 Å². The van der Waals surface area contributed by atoms with Gasteiger partial charge in [-0.2, -0.15) is 0 Å². The van der Waals surface area contributed by atoms with Crippen LogP contribution in [0.2, 0.25) is 0 Å². The average molecular weight is 445 g/mol. The fourth-order valence-electron chi connectivity index (χ4n) is 3.58. The number of aromatic nitrogens is 1. The number of sulfonamides is 1. The highest BCUT2D eigenvalue weighted by Crippen LogP contribution is 2.38. The molecule has 0 saturated heterocycles. The fourth-order valence-corrected chi connectivity index (χ4v) is 4.65. The second kappa shape index (κ2) is 7.81. The summed E-state index contributed by atoms with van der Waals surface area (Å²) in [5, 5.41) is 2.81. The normalized spacial score (nSPS) is 13.8. The quantitative estimate of drug-likeness (QED) is 0.574. The van der Waals surface area contributed by atoms with Gasteiger partial charge in [0.2, 0.25) is 0 Å². The summed E-state index contributed by atoms with van der Waals surface area (Å²) >= 11 is 0. The third-order valence-electron chi connectivity index (χ3n) is 5.24. The van der Waals surface area contributed by atoms with Crippen molar-refractivity contribution in [3.8, 4) is 0 Å². The van der Waals surface area contributed by atoms with Gasteiger partial charge in [-0.05, 0) is 75.2 Å². The van der Waals surface area contributed by atoms with Crippen molar-refractivity contribution < 1.29 is 22.0 Å². The van der Waals surface area contributed by atoms with Crippen LogP contribution >= 0.6 is 0 Å². The van der Waals surface area contributed by atoms with Crippen molar-refractivity contribution in [3.05, 3.63) is 77.1 Å². The summed E-state index contributed by atoms with van der Waals surface area (Å²) in [6, 6.07) is 10.8. The Bertz CT molecular complexity index is 1260. The maximum absolute atomic E-state index is 13.4. The molecule has 3 aromatic rings. The number of halogens is 2. The SMILES string of the molecule is Cc1cc(C(=O)Nc2ccc(NS(=O)(=O)c3ccc(F)c(F)c3)cc2)c(C)n1C1CC1. The van der Waals surface area contributed by atoms with E-state index in [2.05, 4.69) is 14.6 Å². The highest BCUT2D eigenvalue weighted by Gasteiger charge is 2.28. The van der Waals surface area contributed by atoms with Crippen LogP contribution in [0.15, 0.2) is 53.4 Å². The molecule has 0 atom stereocenters. The first-order chi connectivity index (χ1) is 14.7. The van der Waals surface area contributed by atoms with E-state index in [4.69, 9.17) is 0 Å². The van der Waals surface area contributed by atoms with Gasteiger partial charge in [0.05, 0.1) is 10.5 Å². The van der Waals surface area contributed by atoms with Crippen molar-refractivity contribution in [2.75, 3.05) is 10.0 Å². The van der Waals surface area contributed by atoms with Gasteiger partial charge in [0.15, 0.2) is 11.6 Å². The van der Waals surface area contributed by atoms with Crippen LogP contribution in [-0.2, 0) is 10.0 Å². The van der Waals surface area contributed by atoms with E-state index >= 15 is 0 Å². The Kier molecular flexibility index (Phi) is 5.30. The highest BCUT2D eigenvalue weighted by atomic mass is 32.2. The minimum atomic E-state index is -4.09. The lowest BCUT2D eigenvalue weighted by Gasteiger charge is -2.10. The lowest BCUT2D eigenvalue weighted by atomic mass is 10.2. The molecule has 0 aliphatic heterocycles. The number of amides is 1. The standard InChI is InChI=1S/C22H21F2N3O3S/c1-13-11-19(14(2)27(13)17-7-8-17)22(28)25-15-3-5-16(6-4-15)26-31(29,30)18-9-10-20(23)21(24)12-18/h3-6,9-12,17,26H,7-8H2,1-2H3,(H,25,28). The van der Waals surface area contributed by atoms with Crippen LogP contribution in [0.4, 0.5) is 20.2 Å². The van der Waals surface area contributed by atoms with E-state index in [0.29, 0.717) is 23.4 Å². The van der Waals surface area contributed by atoms with Crippen LogP contribution in [0.1, 0.15) is 40.6 Å². The molecule has 2 aromatic carbocycles. The van der Waals surface area contributed by atoms with Crippen molar-refractivity contribution in [2.24, 2.45) is 0 Å². The van der Waals surface area contributed by atoms with Crippen molar-refractivity contribution >= 4 is 27.3 Å². The van der Waals surface area contributed by atoms with Crippen LogP contribution in [0.5, 0.6) is 0 Å². The van der Waals surface area contributed by atoms with Crippen molar-refractivity contribution in [3.63, 3.8) is 0 Å². The maximum atomic E-state index is 13.4. The van der Waals surface area contributed by atoms with Crippen LogP contribution in [0, 0.1) is 25.5 Å². The largest absolute Gasteiger partial charge is 0.345 e. The van der Waals surface area contributed by atoms with Gasteiger partial charge in [0, 0.05) is 28.8 Å². The molecule has 2 N–H and O–H groups in total. The Morgan fingerprint density at radius 2 is 1.61 bits per heavy atom. The van der Waals surface area contributed by atoms with Gasteiger partial charge < -0.3 is 9.88 Å². The molecule has 162 valence electrons. The Hall–Kier alpha value is -3.20. The summed E-state index contributed by atoms with van der Waals surface area (Å²) in [5.74, 6) is -2.62. The third kappa shape index (κ3) is 4.32. The lowest BCUT2D eigenvalue weighted by molar-refractivity contribution is 0.102. The number of rotatable bonds is 6. The zero-order valence-corrected chi connectivity index (χ0v) is 17.8. The molecule has 1 aliphatic rings. The summed E-state index contributed by atoms with van der Waals surface area (Å²) < 4.78 is 55.6. The number of hydrogen-bond donors (Lipinski definition) is 2. The van der Waals surface area contributed by atoms with Crippen LogP contribution < -0.4 is 10.0 Å².